The van der Waals surface area contributed by atoms with Crippen molar-refractivity contribution in [2.24, 2.45) is 5.92 Å². The Hall–Kier alpha value is -3.01. The van der Waals surface area contributed by atoms with Crippen molar-refractivity contribution in [3.05, 3.63) is 108 Å². The van der Waals surface area contributed by atoms with Gasteiger partial charge >= 0.3 is 0 Å². The van der Waals surface area contributed by atoms with Gasteiger partial charge in [-0.15, -0.1) is 0 Å². The Balaban J connectivity index is 1.62. The third kappa shape index (κ3) is 6.28. The van der Waals surface area contributed by atoms with Crippen LogP contribution in [0, 0.1) is 24.5 Å². The fourth-order valence-corrected chi connectivity index (χ4v) is 4.25. The third-order valence-electron chi connectivity index (χ3n) is 6.18. The highest BCUT2D eigenvalue weighted by Gasteiger charge is 2.25. The van der Waals surface area contributed by atoms with Gasteiger partial charge in [0.15, 0.2) is 11.6 Å². The first-order chi connectivity index (χ1) is 15.8. The molecule has 1 aliphatic rings. The highest BCUT2D eigenvalue weighted by Crippen LogP contribution is 2.39. The monoisotopic (exact) mass is 452 g/mol. The van der Waals surface area contributed by atoms with Crippen LogP contribution in [0.2, 0.25) is 0 Å². The second-order valence-corrected chi connectivity index (χ2v) is 8.58. The lowest BCUT2D eigenvalue weighted by molar-refractivity contribution is 0.243. The Kier molecular flexibility index (Phi) is 8.37. The number of aryl methyl sites for hydroxylation is 1. The van der Waals surface area contributed by atoms with Crippen molar-refractivity contribution in [2.45, 2.75) is 45.4 Å². The molecule has 0 aliphatic heterocycles. The molecule has 2 aromatic carbocycles. The van der Waals surface area contributed by atoms with E-state index in [4.69, 9.17) is 4.74 Å². The molecule has 0 saturated heterocycles. The second kappa shape index (κ2) is 11.2. The summed E-state index contributed by atoms with van der Waals surface area (Å²) >= 11 is 0. The summed E-state index contributed by atoms with van der Waals surface area (Å²) in [5.41, 5.74) is 2.73. The van der Waals surface area contributed by atoms with Gasteiger partial charge in [-0.2, -0.15) is 0 Å². The topological polar surface area (TPSA) is 9.23 Å². The average molecular weight is 453 g/mol. The standard InChI is InChI=1S/C29H31F3O/c1-5-33-21(4)18-27(30)20(3)8-9-22-10-14-24(15-11-22)26-17-16-25(28(31)29(26)32)23-12-6-19(2)7-13-23/h6-9,12-13,16-18,22,24H,3-5,10-11,14-15H2,1-2H3/b9-8+,27-18+. The molecule has 2 aromatic rings. The summed E-state index contributed by atoms with van der Waals surface area (Å²) in [4.78, 5) is 0. The maximum atomic E-state index is 14.9. The highest BCUT2D eigenvalue weighted by atomic mass is 19.2. The molecule has 0 radical (unpaired) electrons. The Bertz CT molecular complexity index is 1060. The largest absolute Gasteiger partial charge is 0.494 e. The average Bonchev–Trinajstić information content (AvgIpc) is 2.80. The smallest absolute Gasteiger partial charge is 0.166 e. The minimum absolute atomic E-state index is 0.0226. The van der Waals surface area contributed by atoms with E-state index >= 15 is 0 Å². The number of hydrogen-bond acceptors (Lipinski definition) is 1. The Morgan fingerprint density at radius 1 is 1.00 bits per heavy atom. The van der Waals surface area contributed by atoms with Gasteiger partial charge in [0.25, 0.3) is 0 Å². The van der Waals surface area contributed by atoms with Crippen LogP contribution in [0.15, 0.2) is 84.9 Å². The molecule has 4 heteroatoms. The van der Waals surface area contributed by atoms with E-state index in [2.05, 4.69) is 13.2 Å². The molecule has 0 N–H and O–H groups in total. The molecule has 0 atom stereocenters. The SMILES string of the molecule is C=C(/C=C(/F)C(=C)/C=C/C1CCC(c2ccc(-c3ccc(C)cc3)c(F)c2F)CC1)OCC. The van der Waals surface area contributed by atoms with Crippen LogP contribution in [0.1, 0.15) is 49.7 Å². The first-order valence-electron chi connectivity index (χ1n) is 11.4. The fourth-order valence-electron chi connectivity index (χ4n) is 4.25. The molecule has 3 rings (SSSR count). The zero-order valence-electron chi connectivity index (χ0n) is 19.3. The van der Waals surface area contributed by atoms with Gasteiger partial charge in [-0.05, 0) is 62.5 Å². The summed E-state index contributed by atoms with van der Waals surface area (Å²) in [5, 5.41) is 0. The molecule has 1 aliphatic carbocycles. The fraction of sp³-hybridized carbons (Fsp3) is 0.310. The van der Waals surface area contributed by atoms with E-state index in [-0.39, 0.29) is 28.7 Å². The third-order valence-corrected chi connectivity index (χ3v) is 6.18. The van der Waals surface area contributed by atoms with Gasteiger partial charge in [-0.3, -0.25) is 0 Å². The number of ether oxygens (including phenoxy) is 1. The number of allylic oxidation sites excluding steroid dienone is 5. The van der Waals surface area contributed by atoms with Gasteiger partial charge in [0.1, 0.15) is 11.6 Å². The number of benzene rings is 2. The zero-order chi connectivity index (χ0) is 24.0. The van der Waals surface area contributed by atoms with Crippen LogP contribution in [-0.2, 0) is 4.74 Å². The van der Waals surface area contributed by atoms with Crippen molar-refractivity contribution in [3.63, 3.8) is 0 Å². The van der Waals surface area contributed by atoms with Crippen LogP contribution in [-0.4, -0.2) is 6.61 Å². The summed E-state index contributed by atoms with van der Waals surface area (Å²) in [7, 11) is 0. The normalized spacial score (nSPS) is 19.0. The number of halogens is 3. The van der Waals surface area contributed by atoms with Gasteiger partial charge in [-0.25, -0.2) is 13.2 Å². The first-order valence-corrected chi connectivity index (χ1v) is 11.4. The Labute approximate surface area is 195 Å². The van der Waals surface area contributed by atoms with Crippen molar-refractivity contribution in [1.82, 2.24) is 0 Å². The van der Waals surface area contributed by atoms with Crippen LogP contribution in [0.3, 0.4) is 0 Å². The molecule has 0 heterocycles. The number of hydrogen-bond donors (Lipinski definition) is 0. The van der Waals surface area contributed by atoms with Gasteiger partial charge in [0.05, 0.1) is 6.61 Å². The van der Waals surface area contributed by atoms with Gasteiger partial charge in [0, 0.05) is 17.2 Å². The highest BCUT2D eigenvalue weighted by molar-refractivity contribution is 5.65. The van der Waals surface area contributed by atoms with E-state index in [0.29, 0.717) is 17.7 Å². The van der Waals surface area contributed by atoms with E-state index in [9.17, 15) is 13.2 Å². The van der Waals surface area contributed by atoms with Crippen molar-refractivity contribution in [1.29, 1.82) is 0 Å². The second-order valence-electron chi connectivity index (χ2n) is 8.58. The first kappa shape index (κ1) is 24.6. The molecular formula is C29H31F3O. The van der Waals surface area contributed by atoms with Crippen LogP contribution in [0.5, 0.6) is 0 Å². The van der Waals surface area contributed by atoms with Crippen LogP contribution in [0.25, 0.3) is 11.1 Å². The predicted molar refractivity (Wildman–Crippen MR) is 129 cm³/mol. The summed E-state index contributed by atoms with van der Waals surface area (Å²) < 4.78 is 49.1. The molecule has 0 bridgehead atoms. The van der Waals surface area contributed by atoms with E-state index in [1.807, 2.05) is 37.3 Å². The van der Waals surface area contributed by atoms with E-state index < -0.39 is 17.5 Å². The summed E-state index contributed by atoms with van der Waals surface area (Å²) in [6, 6.07) is 10.8. The molecule has 174 valence electrons. The molecule has 33 heavy (non-hydrogen) atoms. The lowest BCUT2D eigenvalue weighted by atomic mass is 9.78. The van der Waals surface area contributed by atoms with E-state index in [0.717, 1.165) is 31.2 Å². The van der Waals surface area contributed by atoms with E-state index in [1.165, 1.54) is 6.08 Å². The molecule has 0 spiro atoms. The molecule has 1 saturated carbocycles. The maximum Gasteiger partial charge on any atom is 0.166 e. The Morgan fingerprint density at radius 2 is 1.67 bits per heavy atom. The van der Waals surface area contributed by atoms with Crippen LogP contribution in [0.4, 0.5) is 13.2 Å². The molecular weight excluding hydrogens is 421 g/mol. The predicted octanol–water partition coefficient (Wildman–Crippen LogP) is 8.73. The van der Waals surface area contributed by atoms with E-state index in [1.54, 1.807) is 25.1 Å². The van der Waals surface area contributed by atoms with Crippen molar-refractivity contribution in [3.8, 4) is 11.1 Å². The van der Waals surface area contributed by atoms with Crippen molar-refractivity contribution < 1.29 is 17.9 Å². The summed E-state index contributed by atoms with van der Waals surface area (Å²) in [5.74, 6) is -1.53. The van der Waals surface area contributed by atoms with Crippen LogP contribution >= 0.6 is 0 Å². The lowest BCUT2D eigenvalue weighted by Crippen LogP contribution is -2.13. The molecule has 0 amide bonds. The zero-order valence-corrected chi connectivity index (χ0v) is 19.3. The van der Waals surface area contributed by atoms with Gasteiger partial charge in [-0.1, -0.05) is 67.3 Å². The minimum Gasteiger partial charge on any atom is -0.494 e. The minimum atomic E-state index is -0.787. The van der Waals surface area contributed by atoms with Crippen molar-refractivity contribution >= 4 is 0 Å². The molecule has 0 unspecified atom stereocenters. The molecule has 1 fully saturated rings. The number of rotatable bonds is 8. The quantitative estimate of drug-likeness (QED) is 0.287. The molecule has 1 nitrogen and oxygen atoms in total. The van der Waals surface area contributed by atoms with Crippen molar-refractivity contribution in [2.75, 3.05) is 6.61 Å². The summed E-state index contributed by atoms with van der Waals surface area (Å²) in [6.45, 7) is 11.6. The Morgan fingerprint density at radius 3 is 2.30 bits per heavy atom. The maximum absolute atomic E-state index is 14.9. The lowest BCUT2D eigenvalue weighted by Gasteiger charge is -2.27. The van der Waals surface area contributed by atoms with Crippen LogP contribution < -0.4 is 0 Å². The molecule has 0 aromatic heterocycles. The van der Waals surface area contributed by atoms with Gasteiger partial charge < -0.3 is 4.74 Å². The van der Waals surface area contributed by atoms with Gasteiger partial charge in [0.2, 0.25) is 0 Å². The summed E-state index contributed by atoms with van der Waals surface area (Å²) in [6.07, 6.45) is 8.00.